The molecule has 6 heteroatoms. The first-order valence-corrected chi connectivity index (χ1v) is 11.6. The molecule has 0 unspecified atom stereocenters. The highest BCUT2D eigenvalue weighted by Gasteiger charge is 2.20. The summed E-state index contributed by atoms with van der Waals surface area (Å²) in [4.78, 5) is 27.3. The number of rotatable bonds is 7. The van der Waals surface area contributed by atoms with E-state index in [0.29, 0.717) is 30.1 Å². The average Bonchev–Trinajstić information content (AvgIpc) is 2.80. The average molecular weight is 438 g/mol. The molecule has 31 heavy (non-hydrogen) atoms. The van der Waals surface area contributed by atoms with Gasteiger partial charge < -0.3 is 15.5 Å². The Bertz CT molecular complexity index is 895. The summed E-state index contributed by atoms with van der Waals surface area (Å²) in [6.07, 6.45) is 7.69. The van der Waals surface area contributed by atoms with Crippen LogP contribution < -0.4 is 15.5 Å². The van der Waals surface area contributed by atoms with Crippen LogP contribution in [0.3, 0.4) is 0 Å². The number of carbonyl (C=O) groups excluding carboxylic acids is 2. The number of nitrogens with one attached hydrogen (secondary N) is 2. The molecule has 2 N–H and O–H groups in total. The lowest BCUT2D eigenvalue weighted by Crippen LogP contribution is -2.36. The summed E-state index contributed by atoms with van der Waals surface area (Å²) < 4.78 is 0. The van der Waals surface area contributed by atoms with Crippen LogP contribution in [0.4, 0.5) is 11.4 Å². The van der Waals surface area contributed by atoms with Gasteiger partial charge in [0, 0.05) is 18.7 Å². The van der Waals surface area contributed by atoms with Crippen LogP contribution in [-0.4, -0.2) is 23.5 Å². The molecule has 1 aliphatic rings. The third-order valence-corrected chi connectivity index (χ3v) is 6.00. The van der Waals surface area contributed by atoms with Crippen molar-refractivity contribution in [3.63, 3.8) is 0 Å². The van der Waals surface area contributed by atoms with E-state index in [2.05, 4.69) is 10.6 Å². The fraction of sp³-hybridized carbons (Fsp3) is 0.400. The van der Waals surface area contributed by atoms with E-state index in [1.807, 2.05) is 49.4 Å². The number of nitrogens with zero attached hydrogens (tertiary/aromatic N) is 1. The lowest BCUT2D eigenvalue weighted by Gasteiger charge is -2.23. The van der Waals surface area contributed by atoms with Crippen molar-refractivity contribution in [1.82, 2.24) is 5.32 Å². The van der Waals surface area contributed by atoms with Crippen LogP contribution in [-0.2, 0) is 4.79 Å². The molecule has 1 aliphatic carbocycles. The van der Waals surface area contributed by atoms with Gasteiger partial charge in [-0.3, -0.25) is 9.59 Å². The van der Waals surface area contributed by atoms with Gasteiger partial charge in [0.15, 0.2) is 5.11 Å². The highest BCUT2D eigenvalue weighted by Crippen LogP contribution is 2.27. The number of hydrogen-bond donors (Lipinski definition) is 2. The topological polar surface area (TPSA) is 61.4 Å². The summed E-state index contributed by atoms with van der Waals surface area (Å²) >= 11 is 5.35. The number of hydrogen-bond acceptors (Lipinski definition) is 3. The molecule has 0 heterocycles. The van der Waals surface area contributed by atoms with Crippen LogP contribution in [0.1, 0.15) is 62.2 Å². The lowest BCUT2D eigenvalue weighted by atomic mass is 9.86. The van der Waals surface area contributed by atoms with Gasteiger partial charge in [0.25, 0.3) is 5.91 Å². The Hall–Kier alpha value is -2.73. The molecule has 0 bridgehead atoms. The quantitative estimate of drug-likeness (QED) is 0.560. The number of anilines is 2. The Kier molecular flexibility index (Phi) is 8.59. The van der Waals surface area contributed by atoms with E-state index in [9.17, 15) is 9.59 Å². The minimum Gasteiger partial charge on any atom is -0.332 e. The van der Waals surface area contributed by atoms with Crippen molar-refractivity contribution in [2.75, 3.05) is 16.8 Å². The molecular weight excluding hydrogens is 406 g/mol. The van der Waals surface area contributed by atoms with E-state index in [4.69, 9.17) is 12.2 Å². The summed E-state index contributed by atoms with van der Waals surface area (Å²) in [6.45, 7) is 2.48. The Morgan fingerprint density at radius 3 is 2.39 bits per heavy atom. The summed E-state index contributed by atoms with van der Waals surface area (Å²) in [5, 5.41) is 6.03. The Morgan fingerprint density at radius 2 is 1.68 bits per heavy atom. The van der Waals surface area contributed by atoms with E-state index >= 15 is 0 Å². The third-order valence-electron chi connectivity index (χ3n) is 5.79. The first kappa shape index (κ1) is 22.9. The van der Waals surface area contributed by atoms with E-state index in [1.54, 1.807) is 17.0 Å². The Morgan fingerprint density at radius 1 is 1.00 bits per heavy atom. The van der Waals surface area contributed by atoms with Gasteiger partial charge in [0.2, 0.25) is 5.91 Å². The van der Waals surface area contributed by atoms with Crippen molar-refractivity contribution in [1.29, 1.82) is 0 Å². The van der Waals surface area contributed by atoms with Gasteiger partial charge in [-0.1, -0.05) is 62.4 Å². The zero-order valence-corrected chi connectivity index (χ0v) is 18.9. The molecule has 0 aromatic heterocycles. The molecule has 1 saturated carbocycles. The second kappa shape index (κ2) is 11.6. The Labute approximate surface area is 190 Å². The normalized spacial score (nSPS) is 14.0. The molecule has 0 aliphatic heterocycles. The Balaban J connectivity index is 1.61. The van der Waals surface area contributed by atoms with Crippen molar-refractivity contribution in [2.45, 2.75) is 51.9 Å². The molecule has 5 nitrogen and oxygen atoms in total. The minimum atomic E-state index is -0.122. The van der Waals surface area contributed by atoms with Crippen molar-refractivity contribution in [2.24, 2.45) is 5.92 Å². The summed E-state index contributed by atoms with van der Waals surface area (Å²) in [5.74, 6) is 0.451. The van der Waals surface area contributed by atoms with Crippen LogP contribution in [0.2, 0.25) is 0 Å². The van der Waals surface area contributed by atoms with Crippen molar-refractivity contribution < 1.29 is 9.59 Å². The van der Waals surface area contributed by atoms with Crippen LogP contribution in [0.5, 0.6) is 0 Å². The van der Waals surface area contributed by atoms with Crippen molar-refractivity contribution >= 4 is 40.5 Å². The number of amides is 2. The summed E-state index contributed by atoms with van der Waals surface area (Å²) in [7, 11) is 0. The van der Waals surface area contributed by atoms with E-state index in [1.165, 1.54) is 32.1 Å². The molecule has 0 atom stereocenters. The molecule has 2 aromatic carbocycles. The fourth-order valence-electron chi connectivity index (χ4n) is 4.13. The van der Waals surface area contributed by atoms with E-state index < -0.39 is 0 Å². The molecule has 2 aromatic rings. The molecule has 0 radical (unpaired) electrons. The first-order chi connectivity index (χ1) is 15.1. The first-order valence-electron chi connectivity index (χ1n) is 11.1. The zero-order chi connectivity index (χ0) is 22.1. The minimum absolute atomic E-state index is 0.0775. The van der Waals surface area contributed by atoms with Crippen molar-refractivity contribution in [3.8, 4) is 0 Å². The van der Waals surface area contributed by atoms with E-state index in [0.717, 1.165) is 12.1 Å². The highest BCUT2D eigenvalue weighted by atomic mass is 32.1. The fourth-order valence-corrected chi connectivity index (χ4v) is 4.35. The molecule has 0 spiro atoms. The standard InChI is InChI=1S/C25H31N3O2S/c1-2-28(20-13-7-4-8-14-20)24(30)21-15-9-10-16-22(21)26-25(31)27-23(29)18-17-19-11-5-3-6-12-19/h4,7-10,13-16,19H,2-3,5-6,11-12,17-18H2,1H3,(H2,26,27,29,31). The summed E-state index contributed by atoms with van der Waals surface area (Å²) in [5.41, 5.74) is 1.93. The molecule has 1 fully saturated rings. The molecule has 3 rings (SSSR count). The molecule has 2 amide bonds. The second-order valence-corrected chi connectivity index (χ2v) is 8.38. The number of benzene rings is 2. The van der Waals surface area contributed by atoms with Crippen LogP contribution in [0, 0.1) is 5.92 Å². The smallest absolute Gasteiger partial charge is 0.260 e. The predicted molar refractivity (Wildman–Crippen MR) is 130 cm³/mol. The van der Waals surface area contributed by atoms with E-state index in [-0.39, 0.29) is 16.9 Å². The maximum absolute atomic E-state index is 13.2. The predicted octanol–water partition coefficient (Wildman–Crippen LogP) is 5.53. The number of carbonyl (C=O) groups is 2. The van der Waals surface area contributed by atoms with Gasteiger partial charge >= 0.3 is 0 Å². The molecule has 164 valence electrons. The van der Waals surface area contributed by atoms with Crippen LogP contribution in [0.15, 0.2) is 54.6 Å². The second-order valence-electron chi connectivity index (χ2n) is 7.98. The number of para-hydroxylation sites is 2. The third kappa shape index (κ3) is 6.62. The van der Waals surface area contributed by atoms with Crippen LogP contribution >= 0.6 is 12.2 Å². The molecule has 0 saturated heterocycles. The monoisotopic (exact) mass is 437 g/mol. The van der Waals surface area contributed by atoms with Gasteiger partial charge in [0.1, 0.15) is 0 Å². The van der Waals surface area contributed by atoms with Gasteiger partial charge in [-0.15, -0.1) is 0 Å². The lowest BCUT2D eigenvalue weighted by molar-refractivity contribution is -0.120. The largest absolute Gasteiger partial charge is 0.332 e. The highest BCUT2D eigenvalue weighted by molar-refractivity contribution is 7.80. The van der Waals surface area contributed by atoms with Crippen molar-refractivity contribution in [3.05, 3.63) is 60.2 Å². The molecular formula is C25H31N3O2S. The summed E-state index contributed by atoms with van der Waals surface area (Å²) in [6, 6.07) is 16.8. The van der Waals surface area contributed by atoms with Gasteiger partial charge in [-0.25, -0.2) is 0 Å². The van der Waals surface area contributed by atoms with Gasteiger partial charge in [-0.05, 0) is 55.7 Å². The van der Waals surface area contributed by atoms with Gasteiger partial charge in [-0.2, -0.15) is 0 Å². The SMILES string of the molecule is CCN(C(=O)c1ccccc1NC(=S)NC(=O)CCC1CCCCC1)c1ccccc1. The maximum atomic E-state index is 13.2. The number of thiocarbonyl (C=S) groups is 1. The zero-order valence-electron chi connectivity index (χ0n) is 18.1. The van der Waals surface area contributed by atoms with Gasteiger partial charge in [0.05, 0.1) is 11.3 Å². The maximum Gasteiger partial charge on any atom is 0.260 e. The van der Waals surface area contributed by atoms with Crippen LogP contribution in [0.25, 0.3) is 0 Å².